The number of anilines is 1. The van der Waals surface area contributed by atoms with E-state index < -0.39 is 28.8 Å². The predicted octanol–water partition coefficient (Wildman–Crippen LogP) is 9.53. The van der Waals surface area contributed by atoms with Crippen LogP contribution in [0.3, 0.4) is 0 Å². The quantitative estimate of drug-likeness (QED) is 0.0926. The highest BCUT2D eigenvalue weighted by atomic mass is 16.6. The molecule has 1 aromatic heterocycles. The third-order valence-electron chi connectivity index (χ3n) is 12.1. The van der Waals surface area contributed by atoms with Gasteiger partial charge in [0, 0.05) is 29.8 Å². The minimum absolute atomic E-state index is 0.0171. The number of nitrogens with zero attached hydrogens (tertiary/aromatic N) is 5. The van der Waals surface area contributed by atoms with Gasteiger partial charge in [-0.1, -0.05) is 145 Å². The molecule has 328 valence electrons. The summed E-state index contributed by atoms with van der Waals surface area (Å²) in [6, 6.07) is 46.7. The number of carbonyl (C=O) groups excluding carboxylic acids is 3. The van der Waals surface area contributed by atoms with Crippen LogP contribution in [-0.2, 0) is 26.3 Å². The van der Waals surface area contributed by atoms with Gasteiger partial charge in [0.2, 0.25) is 17.6 Å². The minimum atomic E-state index is -0.894. The molecule has 1 aliphatic heterocycles. The van der Waals surface area contributed by atoms with E-state index in [4.69, 9.17) is 20.1 Å². The molecule has 1 unspecified atom stereocenters. The maximum Gasteiger partial charge on any atom is 0.408 e. The molecule has 2 heterocycles. The third kappa shape index (κ3) is 9.54. The Balaban J connectivity index is 1.02. The first kappa shape index (κ1) is 43.8. The number of benzene rings is 5. The van der Waals surface area contributed by atoms with Crippen molar-refractivity contribution in [3.8, 4) is 11.4 Å². The van der Waals surface area contributed by atoms with Gasteiger partial charge < -0.3 is 20.3 Å². The second-order valence-electron chi connectivity index (χ2n) is 18.5. The van der Waals surface area contributed by atoms with E-state index in [-0.39, 0.29) is 24.2 Å². The first-order chi connectivity index (χ1) is 30.8. The number of fused-ring (bicyclic) bond motifs is 1. The van der Waals surface area contributed by atoms with Crippen LogP contribution in [0, 0.1) is 0 Å². The molecule has 3 amide bonds. The second-order valence-corrected chi connectivity index (χ2v) is 18.5. The molecule has 0 spiro atoms. The summed E-state index contributed by atoms with van der Waals surface area (Å²) >= 11 is 0. The van der Waals surface area contributed by atoms with Crippen LogP contribution in [0.25, 0.3) is 11.4 Å². The van der Waals surface area contributed by atoms with Gasteiger partial charge in [0.25, 0.3) is 0 Å². The van der Waals surface area contributed by atoms with E-state index in [0.717, 1.165) is 58.3 Å². The molecule has 0 bridgehead atoms. The van der Waals surface area contributed by atoms with Gasteiger partial charge in [0.1, 0.15) is 11.6 Å². The normalized spacial score (nSPS) is 16.9. The summed E-state index contributed by atoms with van der Waals surface area (Å²) in [6.07, 6.45) is 5.23. The molecular weight excluding hydrogens is 799 g/mol. The van der Waals surface area contributed by atoms with Crippen molar-refractivity contribution < 1.29 is 19.1 Å². The monoisotopic (exact) mass is 855 g/mol. The molecule has 2 aliphatic rings. The number of aromatic nitrogens is 4. The zero-order chi connectivity index (χ0) is 44.9. The molecule has 0 saturated carbocycles. The number of para-hydroxylation sites is 1. The highest BCUT2D eigenvalue weighted by Crippen LogP contribution is 2.42. The van der Waals surface area contributed by atoms with Crippen molar-refractivity contribution in [2.24, 2.45) is 0 Å². The van der Waals surface area contributed by atoms with E-state index in [0.29, 0.717) is 25.2 Å². The number of alkyl carbamates (subject to hydrolysis) is 1. The maximum absolute atomic E-state index is 14.4. The zero-order valence-corrected chi connectivity index (χ0v) is 37.3. The summed E-state index contributed by atoms with van der Waals surface area (Å²) < 4.78 is 5.42. The lowest BCUT2D eigenvalue weighted by Crippen LogP contribution is -2.52. The van der Waals surface area contributed by atoms with Gasteiger partial charge in [0.05, 0.1) is 0 Å². The molecule has 0 fully saturated rings. The Hall–Kier alpha value is -6.88. The number of allylic oxidation sites excluding steroid dienone is 1. The molecule has 2 atom stereocenters. The molecule has 11 heteroatoms. The molecule has 8 rings (SSSR count). The number of tetrazole rings is 1. The Kier molecular flexibility index (Phi) is 12.6. The van der Waals surface area contributed by atoms with Crippen LogP contribution in [-0.4, -0.2) is 61.8 Å². The number of amides is 3. The number of hydrogen-bond donors (Lipinski definition) is 2. The molecule has 2 N–H and O–H groups in total. The van der Waals surface area contributed by atoms with Gasteiger partial charge in [-0.15, -0.1) is 15.0 Å². The number of aryl methyl sites for hydroxylation is 1. The Morgan fingerprint density at radius 2 is 1.33 bits per heavy atom. The molecule has 64 heavy (non-hydrogen) atoms. The van der Waals surface area contributed by atoms with Crippen LogP contribution in [0.5, 0.6) is 0 Å². The van der Waals surface area contributed by atoms with Crippen molar-refractivity contribution in [1.82, 2.24) is 30.8 Å². The van der Waals surface area contributed by atoms with Crippen LogP contribution < -0.4 is 15.5 Å². The lowest BCUT2D eigenvalue weighted by molar-refractivity contribution is -0.128. The predicted molar refractivity (Wildman–Crippen MR) is 250 cm³/mol. The average molecular weight is 856 g/mol. The van der Waals surface area contributed by atoms with Gasteiger partial charge in [-0.2, -0.15) is 0 Å². The Morgan fingerprint density at radius 1 is 0.734 bits per heavy atom. The first-order valence-corrected chi connectivity index (χ1v) is 22.2. The summed E-state index contributed by atoms with van der Waals surface area (Å²) in [5, 5.41) is 20.6. The minimum Gasteiger partial charge on any atom is -0.444 e. The highest BCUT2D eigenvalue weighted by Gasteiger charge is 2.42. The van der Waals surface area contributed by atoms with E-state index in [1.165, 1.54) is 5.57 Å². The summed E-state index contributed by atoms with van der Waals surface area (Å²) in [7, 11) is 0. The summed E-state index contributed by atoms with van der Waals surface area (Å²) in [4.78, 5) is 44.0. The van der Waals surface area contributed by atoms with E-state index in [9.17, 15) is 14.4 Å². The second kappa shape index (κ2) is 18.5. The number of ether oxygens (including phenoxy) is 1. The van der Waals surface area contributed by atoms with Gasteiger partial charge in [-0.3, -0.25) is 9.59 Å². The van der Waals surface area contributed by atoms with E-state index in [2.05, 4.69) is 77.4 Å². The largest absolute Gasteiger partial charge is 0.444 e. The molecule has 0 radical (unpaired) electrons. The molecule has 5 aromatic carbocycles. The van der Waals surface area contributed by atoms with Crippen LogP contribution in [0.4, 0.5) is 10.5 Å². The molecule has 11 nitrogen and oxygen atoms in total. The zero-order valence-electron chi connectivity index (χ0n) is 37.3. The van der Waals surface area contributed by atoms with E-state index in [1.807, 2.05) is 83.8 Å². The third-order valence-corrected chi connectivity index (χ3v) is 12.1. The van der Waals surface area contributed by atoms with Gasteiger partial charge >= 0.3 is 6.09 Å². The fourth-order valence-electron chi connectivity index (χ4n) is 9.21. The smallest absolute Gasteiger partial charge is 0.408 e. The lowest BCUT2D eigenvalue weighted by atomic mass is 9.77. The van der Waals surface area contributed by atoms with Gasteiger partial charge in [-0.25, -0.2) is 4.79 Å². The van der Waals surface area contributed by atoms with Crippen molar-refractivity contribution in [3.63, 3.8) is 0 Å². The molecular formula is C53H57N7O4. The topological polar surface area (TPSA) is 131 Å². The number of carbonyl (C=O) groups is 3. The average Bonchev–Trinajstić information content (AvgIpc) is 3.73. The maximum atomic E-state index is 14.4. The van der Waals surface area contributed by atoms with E-state index >= 15 is 0 Å². The van der Waals surface area contributed by atoms with Crippen molar-refractivity contribution >= 4 is 23.6 Å². The molecule has 6 aromatic rings. The lowest BCUT2D eigenvalue weighted by Gasteiger charge is -2.34. The number of hydrogen-bond acceptors (Lipinski definition) is 7. The standard InChI is InChI=1S/C53H57N7O4/c1-51(2,3)64-50(63)55-52(4,5)35-47(61)54-45-34-33-39-19-15-18-28-46(39)59(49(45)62)36-37-29-31-38(32-30-37)43-26-16-17-27-44(43)48-56-58-60(57-48)53(40-20-9-6-10-21-40,41-22-11-7-12-23-41)42-24-13-8-14-25-42/h6-29,38,45H,30-36H2,1-5H3,(H,54,61)(H,55,63)/t38?,45-/m1/s1. The Morgan fingerprint density at radius 3 is 1.94 bits per heavy atom. The van der Waals surface area contributed by atoms with Crippen LogP contribution in [0.1, 0.15) is 100 Å². The van der Waals surface area contributed by atoms with Crippen molar-refractivity contribution in [1.29, 1.82) is 0 Å². The van der Waals surface area contributed by atoms with Crippen LogP contribution in [0.2, 0.25) is 0 Å². The summed E-state index contributed by atoms with van der Waals surface area (Å²) in [5.74, 6) is 0.299. The fraction of sp³-hybridized carbons (Fsp3) is 0.321. The number of rotatable bonds is 12. The summed E-state index contributed by atoms with van der Waals surface area (Å²) in [6.45, 7) is 9.33. The van der Waals surface area contributed by atoms with Gasteiger partial charge in [-0.05, 0) is 112 Å². The SMILES string of the molecule is CC(C)(CC(=O)N[C@@H]1CCc2ccccc2N(CC2=CCC(c3ccccc3-c3nnn(C(c4ccccc4)(c4ccccc4)c4ccccc4)n3)CC2)C1=O)NC(=O)OC(C)(C)C. The van der Waals surface area contributed by atoms with Gasteiger partial charge in [0.15, 0.2) is 5.54 Å². The Bertz CT molecular complexity index is 2520. The molecule has 1 aliphatic carbocycles. The highest BCUT2D eigenvalue weighted by molar-refractivity contribution is 6.01. The van der Waals surface area contributed by atoms with E-state index in [1.54, 1.807) is 39.4 Å². The summed E-state index contributed by atoms with van der Waals surface area (Å²) in [5.41, 5.74) is 5.83. The first-order valence-electron chi connectivity index (χ1n) is 22.2. The fourth-order valence-corrected chi connectivity index (χ4v) is 9.21. The van der Waals surface area contributed by atoms with Crippen LogP contribution in [0.15, 0.2) is 151 Å². The molecule has 0 saturated heterocycles. The van der Waals surface area contributed by atoms with Crippen LogP contribution >= 0.6 is 0 Å². The number of nitrogens with one attached hydrogen (secondary N) is 2. The van der Waals surface area contributed by atoms with Crippen molar-refractivity contribution in [2.45, 2.75) is 102 Å². The van der Waals surface area contributed by atoms with Crippen molar-refractivity contribution in [3.05, 3.63) is 179 Å². The Labute approximate surface area is 375 Å². The van der Waals surface area contributed by atoms with Crippen molar-refractivity contribution in [2.75, 3.05) is 11.4 Å².